The summed E-state index contributed by atoms with van der Waals surface area (Å²) in [5, 5.41) is 3.16. The zero-order chi connectivity index (χ0) is 22.3. The molecule has 0 saturated heterocycles. The van der Waals surface area contributed by atoms with Gasteiger partial charge in [-0.05, 0) is 47.5 Å². The van der Waals surface area contributed by atoms with Crippen molar-refractivity contribution in [3.63, 3.8) is 0 Å². The fraction of sp³-hybridized carbons (Fsp3) is 0. The second kappa shape index (κ2) is 9.62. The predicted octanol–water partition coefficient (Wildman–Crippen LogP) is 6.87. The molecule has 4 aromatic carbocycles. The summed E-state index contributed by atoms with van der Waals surface area (Å²) in [6.07, 6.45) is 0. The molecular weight excluding hydrogens is 412 g/mol. The molecule has 0 atom stereocenters. The van der Waals surface area contributed by atoms with E-state index in [1.807, 2.05) is 103 Å². The van der Waals surface area contributed by atoms with Crippen molar-refractivity contribution in [2.24, 2.45) is 0 Å². The highest BCUT2D eigenvalue weighted by Crippen LogP contribution is 2.27. The summed E-state index contributed by atoms with van der Waals surface area (Å²) in [4.78, 5) is 13.1. The van der Waals surface area contributed by atoms with Crippen LogP contribution in [0, 0.1) is 0 Å². The van der Waals surface area contributed by atoms with Crippen LogP contribution in [0.4, 0.5) is 11.6 Å². The lowest BCUT2D eigenvalue weighted by molar-refractivity contribution is 0.399. The van der Waals surface area contributed by atoms with Crippen LogP contribution < -0.4 is 14.8 Å². The monoisotopic (exact) mass is 432 g/mol. The van der Waals surface area contributed by atoms with Gasteiger partial charge < -0.3 is 14.8 Å². The van der Waals surface area contributed by atoms with Gasteiger partial charge in [0, 0.05) is 5.69 Å². The molecule has 6 nitrogen and oxygen atoms in total. The number of aromatic nitrogens is 3. The summed E-state index contributed by atoms with van der Waals surface area (Å²) in [6, 6.07) is 37.1. The molecule has 0 aliphatic rings. The Balaban J connectivity index is 1.41. The topological polar surface area (TPSA) is 69.2 Å². The first kappa shape index (κ1) is 20.2. The zero-order valence-electron chi connectivity index (χ0n) is 17.6. The predicted molar refractivity (Wildman–Crippen MR) is 128 cm³/mol. The Labute approximate surface area is 191 Å². The van der Waals surface area contributed by atoms with Crippen molar-refractivity contribution >= 4 is 11.6 Å². The molecule has 1 aromatic heterocycles. The lowest BCUT2D eigenvalue weighted by atomic mass is 10.1. The van der Waals surface area contributed by atoms with Crippen LogP contribution in [0.15, 0.2) is 115 Å². The third-order valence-electron chi connectivity index (χ3n) is 4.75. The van der Waals surface area contributed by atoms with E-state index in [-0.39, 0.29) is 12.0 Å². The Morgan fingerprint density at radius 2 is 0.939 bits per heavy atom. The number of hydrogen-bond donors (Lipinski definition) is 1. The average Bonchev–Trinajstić information content (AvgIpc) is 2.86. The number of benzene rings is 4. The molecule has 0 radical (unpaired) electrons. The summed E-state index contributed by atoms with van der Waals surface area (Å²) in [5.74, 6) is 1.54. The molecule has 6 heteroatoms. The molecule has 1 N–H and O–H groups in total. The summed E-state index contributed by atoms with van der Waals surface area (Å²) in [7, 11) is 0. The van der Waals surface area contributed by atoms with Crippen LogP contribution in [0.3, 0.4) is 0 Å². The van der Waals surface area contributed by atoms with Crippen molar-refractivity contribution in [3.8, 4) is 34.6 Å². The van der Waals surface area contributed by atoms with Gasteiger partial charge >= 0.3 is 12.0 Å². The maximum Gasteiger partial charge on any atom is 0.330 e. The van der Waals surface area contributed by atoms with Crippen LogP contribution in [0.5, 0.6) is 23.5 Å². The molecule has 0 aliphatic carbocycles. The molecule has 0 saturated carbocycles. The molecule has 160 valence electrons. The van der Waals surface area contributed by atoms with Crippen LogP contribution in [0.2, 0.25) is 0 Å². The first-order valence-corrected chi connectivity index (χ1v) is 10.5. The molecule has 5 aromatic rings. The van der Waals surface area contributed by atoms with Gasteiger partial charge in [0.2, 0.25) is 5.95 Å². The fourth-order valence-electron chi connectivity index (χ4n) is 3.18. The second-order valence-electron chi connectivity index (χ2n) is 7.12. The van der Waals surface area contributed by atoms with Crippen molar-refractivity contribution in [1.29, 1.82) is 0 Å². The third-order valence-corrected chi connectivity index (χ3v) is 4.75. The minimum atomic E-state index is 0.127. The molecule has 0 fully saturated rings. The van der Waals surface area contributed by atoms with Crippen LogP contribution >= 0.6 is 0 Å². The van der Waals surface area contributed by atoms with E-state index in [0.717, 1.165) is 16.8 Å². The highest BCUT2D eigenvalue weighted by molar-refractivity contribution is 5.64. The third kappa shape index (κ3) is 5.32. The van der Waals surface area contributed by atoms with E-state index in [1.165, 1.54) is 0 Å². The Morgan fingerprint density at radius 3 is 1.55 bits per heavy atom. The summed E-state index contributed by atoms with van der Waals surface area (Å²) >= 11 is 0. The minimum absolute atomic E-state index is 0.127. The highest BCUT2D eigenvalue weighted by Gasteiger charge is 2.11. The molecule has 1 heterocycles. The van der Waals surface area contributed by atoms with E-state index in [4.69, 9.17) is 9.47 Å². The lowest BCUT2D eigenvalue weighted by Crippen LogP contribution is -2.03. The van der Waals surface area contributed by atoms with Gasteiger partial charge in [0.15, 0.2) is 0 Å². The number of hydrogen-bond acceptors (Lipinski definition) is 6. The highest BCUT2D eigenvalue weighted by atomic mass is 16.5. The molecule has 0 spiro atoms. The van der Waals surface area contributed by atoms with E-state index in [2.05, 4.69) is 32.4 Å². The van der Waals surface area contributed by atoms with Gasteiger partial charge in [-0.15, -0.1) is 4.98 Å². The number of ether oxygens (including phenoxy) is 2. The van der Waals surface area contributed by atoms with Crippen LogP contribution in [-0.4, -0.2) is 15.0 Å². The van der Waals surface area contributed by atoms with Gasteiger partial charge in [-0.25, -0.2) is 0 Å². The van der Waals surface area contributed by atoms with E-state index in [9.17, 15) is 0 Å². The van der Waals surface area contributed by atoms with Crippen molar-refractivity contribution in [2.45, 2.75) is 0 Å². The van der Waals surface area contributed by atoms with Crippen LogP contribution in [0.25, 0.3) is 11.1 Å². The molecule has 0 unspecified atom stereocenters. The summed E-state index contributed by atoms with van der Waals surface area (Å²) in [6.45, 7) is 0. The van der Waals surface area contributed by atoms with E-state index in [0.29, 0.717) is 17.4 Å². The van der Waals surface area contributed by atoms with E-state index >= 15 is 0 Å². The lowest BCUT2D eigenvalue weighted by Gasteiger charge is -2.10. The molecule has 0 amide bonds. The van der Waals surface area contributed by atoms with Crippen molar-refractivity contribution < 1.29 is 9.47 Å². The first-order chi connectivity index (χ1) is 16.3. The van der Waals surface area contributed by atoms with Gasteiger partial charge in [-0.2, -0.15) is 9.97 Å². The molecule has 0 bridgehead atoms. The molecule has 5 rings (SSSR count). The normalized spacial score (nSPS) is 10.4. The quantitative estimate of drug-likeness (QED) is 0.303. The Bertz CT molecular complexity index is 1250. The van der Waals surface area contributed by atoms with Gasteiger partial charge in [0.1, 0.15) is 11.5 Å². The van der Waals surface area contributed by atoms with Crippen LogP contribution in [0.1, 0.15) is 0 Å². The van der Waals surface area contributed by atoms with Crippen molar-refractivity contribution in [3.05, 3.63) is 115 Å². The zero-order valence-corrected chi connectivity index (χ0v) is 17.6. The standard InChI is InChI=1S/C27H20N4O2/c1-4-10-20(11-5-1)21-16-18-24(19-17-21)33-27-30-25(28-22-12-6-2-7-13-22)29-26(31-27)32-23-14-8-3-9-15-23/h1-19H,(H,28,29,30,31). The molecular formula is C27H20N4O2. The Morgan fingerprint density at radius 1 is 0.455 bits per heavy atom. The van der Waals surface area contributed by atoms with Crippen LogP contribution in [-0.2, 0) is 0 Å². The maximum absolute atomic E-state index is 5.94. The maximum atomic E-state index is 5.94. The smallest absolute Gasteiger partial charge is 0.330 e. The first-order valence-electron chi connectivity index (χ1n) is 10.5. The van der Waals surface area contributed by atoms with Gasteiger partial charge in [-0.3, -0.25) is 0 Å². The Hall–Kier alpha value is -4.71. The van der Waals surface area contributed by atoms with Gasteiger partial charge in [0.05, 0.1) is 0 Å². The number of rotatable bonds is 7. The van der Waals surface area contributed by atoms with Crippen molar-refractivity contribution in [1.82, 2.24) is 15.0 Å². The largest absolute Gasteiger partial charge is 0.424 e. The number of anilines is 2. The summed E-state index contributed by atoms with van der Waals surface area (Å²) in [5.41, 5.74) is 3.07. The number of nitrogens with one attached hydrogen (secondary N) is 1. The van der Waals surface area contributed by atoms with Crippen molar-refractivity contribution in [2.75, 3.05) is 5.32 Å². The average molecular weight is 432 g/mol. The summed E-state index contributed by atoms with van der Waals surface area (Å²) < 4.78 is 11.8. The number of nitrogens with zero attached hydrogens (tertiary/aromatic N) is 3. The number of para-hydroxylation sites is 2. The van der Waals surface area contributed by atoms with E-state index < -0.39 is 0 Å². The SMILES string of the molecule is c1ccc(Nc2nc(Oc3ccccc3)nc(Oc3ccc(-c4ccccc4)cc3)n2)cc1. The fourth-order valence-corrected chi connectivity index (χ4v) is 3.18. The van der Waals surface area contributed by atoms with Gasteiger partial charge in [0.25, 0.3) is 0 Å². The van der Waals surface area contributed by atoms with Gasteiger partial charge in [-0.1, -0.05) is 78.9 Å². The van der Waals surface area contributed by atoms with E-state index in [1.54, 1.807) is 0 Å². The molecule has 0 aliphatic heterocycles. The second-order valence-corrected chi connectivity index (χ2v) is 7.12. The molecule has 33 heavy (non-hydrogen) atoms. The minimum Gasteiger partial charge on any atom is -0.424 e. The Kier molecular flexibility index (Phi) is 5.89.